The van der Waals surface area contributed by atoms with Crippen LogP contribution in [0.5, 0.6) is 0 Å². The number of hydrogen-bond acceptors (Lipinski definition) is 3. The molecule has 0 spiro atoms. The zero-order chi connectivity index (χ0) is 16.8. The summed E-state index contributed by atoms with van der Waals surface area (Å²) in [5.41, 5.74) is 3.55. The second-order valence-electron chi connectivity index (χ2n) is 5.73. The van der Waals surface area contributed by atoms with Crippen LogP contribution in [0.3, 0.4) is 0 Å². The predicted molar refractivity (Wildman–Crippen MR) is 102 cm³/mol. The smallest absolute Gasteiger partial charge is 0.196 e. The lowest BCUT2D eigenvalue weighted by Gasteiger charge is -2.11. The Balaban J connectivity index is 2.03. The highest BCUT2D eigenvalue weighted by atomic mass is 32.2. The Bertz CT molecular complexity index is 763. The van der Waals surface area contributed by atoms with Crippen LogP contribution < -0.4 is 0 Å². The van der Waals surface area contributed by atoms with Crippen molar-refractivity contribution in [3.63, 3.8) is 0 Å². The molecule has 124 valence electrons. The molecule has 3 nitrogen and oxygen atoms in total. The third kappa shape index (κ3) is 3.70. The molecule has 0 aliphatic rings. The summed E-state index contributed by atoms with van der Waals surface area (Å²) >= 11 is 1.78. The van der Waals surface area contributed by atoms with Gasteiger partial charge in [-0.15, -0.1) is 10.2 Å². The fraction of sp³-hybridized carbons (Fsp3) is 0.300. The van der Waals surface area contributed by atoms with E-state index in [1.807, 2.05) is 18.2 Å². The third-order valence-electron chi connectivity index (χ3n) is 4.00. The van der Waals surface area contributed by atoms with Gasteiger partial charge < -0.3 is 0 Å². The summed E-state index contributed by atoms with van der Waals surface area (Å²) in [6.45, 7) is 4.39. The van der Waals surface area contributed by atoms with Crippen molar-refractivity contribution in [2.45, 2.75) is 38.3 Å². The molecule has 0 amide bonds. The molecule has 1 heterocycles. The van der Waals surface area contributed by atoms with E-state index in [0.29, 0.717) is 0 Å². The Morgan fingerprint density at radius 2 is 1.67 bits per heavy atom. The molecule has 0 saturated heterocycles. The van der Waals surface area contributed by atoms with Crippen molar-refractivity contribution in [1.82, 2.24) is 14.8 Å². The number of hydrogen-bond donors (Lipinski definition) is 0. The number of rotatable bonds is 7. The van der Waals surface area contributed by atoms with Crippen molar-refractivity contribution in [2.75, 3.05) is 5.75 Å². The summed E-state index contributed by atoms with van der Waals surface area (Å²) in [5, 5.41) is 9.90. The average Bonchev–Trinajstić information content (AvgIpc) is 3.06. The fourth-order valence-corrected chi connectivity index (χ4v) is 3.59. The Hall–Kier alpha value is -2.07. The van der Waals surface area contributed by atoms with Gasteiger partial charge in [0.05, 0.1) is 0 Å². The fourth-order valence-electron chi connectivity index (χ4n) is 2.56. The number of thioether (sulfide) groups is 1. The van der Waals surface area contributed by atoms with Gasteiger partial charge in [-0.2, -0.15) is 0 Å². The van der Waals surface area contributed by atoms with Gasteiger partial charge in [-0.1, -0.05) is 74.5 Å². The first-order valence-corrected chi connectivity index (χ1v) is 9.55. The molecule has 0 aliphatic carbocycles. The minimum absolute atomic E-state index is 0.902. The van der Waals surface area contributed by atoms with Gasteiger partial charge in [0.2, 0.25) is 0 Å². The molecule has 0 bridgehead atoms. The topological polar surface area (TPSA) is 30.7 Å². The lowest BCUT2D eigenvalue weighted by molar-refractivity contribution is 0.865. The van der Waals surface area contributed by atoms with Crippen LogP contribution in [0.15, 0.2) is 59.8 Å². The van der Waals surface area contributed by atoms with Gasteiger partial charge in [0.1, 0.15) is 0 Å². The molecule has 0 aliphatic heterocycles. The molecule has 0 N–H and O–H groups in total. The number of aryl methyl sites for hydroxylation is 1. The molecule has 2 aromatic carbocycles. The normalized spacial score (nSPS) is 10.9. The Morgan fingerprint density at radius 1 is 0.917 bits per heavy atom. The molecular formula is C20H23N3S. The maximum absolute atomic E-state index is 4.48. The van der Waals surface area contributed by atoms with Crippen molar-refractivity contribution in [1.29, 1.82) is 0 Å². The Kier molecular flexibility index (Phi) is 5.70. The van der Waals surface area contributed by atoms with Crippen molar-refractivity contribution >= 4 is 11.8 Å². The first kappa shape index (κ1) is 16.8. The van der Waals surface area contributed by atoms with E-state index in [1.165, 1.54) is 18.4 Å². The van der Waals surface area contributed by atoms with Gasteiger partial charge in [-0.05, 0) is 30.5 Å². The number of aromatic nitrogens is 3. The summed E-state index contributed by atoms with van der Waals surface area (Å²) in [7, 11) is 0. The predicted octanol–water partition coefficient (Wildman–Crippen LogP) is 5.39. The van der Waals surface area contributed by atoms with E-state index in [9.17, 15) is 0 Å². The largest absolute Gasteiger partial charge is 0.270 e. The molecule has 3 rings (SSSR count). The summed E-state index contributed by atoms with van der Waals surface area (Å²) in [6, 6.07) is 19.0. The van der Waals surface area contributed by atoms with E-state index in [0.717, 1.165) is 34.4 Å². The summed E-state index contributed by atoms with van der Waals surface area (Å²) in [4.78, 5) is 0. The molecule has 24 heavy (non-hydrogen) atoms. The first-order valence-electron chi connectivity index (χ1n) is 8.56. The van der Waals surface area contributed by atoms with Crippen LogP contribution in [0.25, 0.3) is 17.1 Å². The SMILES string of the molecule is CCCCSc1nnc(-c2ccccc2)n1-c1ccc(CC)cc1. The molecule has 4 heteroatoms. The highest BCUT2D eigenvalue weighted by Gasteiger charge is 2.15. The number of unbranched alkanes of at least 4 members (excludes halogenated alkanes) is 1. The van der Waals surface area contributed by atoms with Crippen LogP contribution in [0, 0.1) is 0 Å². The monoisotopic (exact) mass is 337 g/mol. The lowest BCUT2D eigenvalue weighted by atomic mass is 10.1. The van der Waals surface area contributed by atoms with Gasteiger partial charge in [0, 0.05) is 17.0 Å². The second kappa shape index (κ2) is 8.15. The van der Waals surface area contributed by atoms with Gasteiger partial charge in [-0.3, -0.25) is 4.57 Å². The molecule has 0 atom stereocenters. The average molecular weight is 337 g/mol. The first-order chi connectivity index (χ1) is 11.8. The van der Waals surface area contributed by atoms with E-state index in [4.69, 9.17) is 0 Å². The molecule has 1 aromatic heterocycles. The van der Waals surface area contributed by atoms with Crippen LogP contribution in [-0.2, 0) is 6.42 Å². The zero-order valence-electron chi connectivity index (χ0n) is 14.3. The molecule has 0 saturated carbocycles. The van der Waals surface area contributed by atoms with Crippen LogP contribution in [0.1, 0.15) is 32.3 Å². The van der Waals surface area contributed by atoms with Gasteiger partial charge in [0.15, 0.2) is 11.0 Å². The van der Waals surface area contributed by atoms with Crippen LogP contribution in [0.2, 0.25) is 0 Å². The van der Waals surface area contributed by atoms with E-state index in [-0.39, 0.29) is 0 Å². The quantitative estimate of drug-likeness (QED) is 0.428. The van der Waals surface area contributed by atoms with Gasteiger partial charge >= 0.3 is 0 Å². The summed E-state index contributed by atoms with van der Waals surface area (Å²) in [5.74, 6) is 1.97. The van der Waals surface area contributed by atoms with Crippen LogP contribution in [-0.4, -0.2) is 20.5 Å². The Labute approximate surface area is 148 Å². The standard InChI is InChI=1S/C20H23N3S/c1-3-5-15-24-20-22-21-19(17-9-7-6-8-10-17)23(20)18-13-11-16(4-2)12-14-18/h6-14H,3-5,15H2,1-2H3. The highest BCUT2D eigenvalue weighted by molar-refractivity contribution is 7.99. The van der Waals surface area contributed by atoms with Gasteiger partial charge in [0.25, 0.3) is 0 Å². The molecule has 0 radical (unpaired) electrons. The lowest BCUT2D eigenvalue weighted by Crippen LogP contribution is -2.00. The van der Waals surface area contributed by atoms with Crippen molar-refractivity contribution < 1.29 is 0 Å². The molecule has 3 aromatic rings. The van der Waals surface area contributed by atoms with E-state index < -0.39 is 0 Å². The van der Waals surface area contributed by atoms with E-state index in [2.05, 4.69) is 65.0 Å². The van der Waals surface area contributed by atoms with Crippen molar-refractivity contribution in [3.05, 3.63) is 60.2 Å². The maximum Gasteiger partial charge on any atom is 0.196 e. The van der Waals surface area contributed by atoms with Crippen molar-refractivity contribution in [2.24, 2.45) is 0 Å². The van der Waals surface area contributed by atoms with E-state index in [1.54, 1.807) is 11.8 Å². The van der Waals surface area contributed by atoms with Crippen LogP contribution in [0.4, 0.5) is 0 Å². The molecular weight excluding hydrogens is 314 g/mol. The summed E-state index contributed by atoms with van der Waals surface area (Å²) < 4.78 is 2.18. The number of nitrogens with zero attached hydrogens (tertiary/aromatic N) is 3. The third-order valence-corrected chi connectivity index (χ3v) is 5.01. The van der Waals surface area contributed by atoms with Crippen molar-refractivity contribution in [3.8, 4) is 17.1 Å². The van der Waals surface area contributed by atoms with Gasteiger partial charge in [-0.25, -0.2) is 0 Å². The zero-order valence-corrected chi connectivity index (χ0v) is 15.1. The molecule has 0 fully saturated rings. The second-order valence-corrected chi connectivity index (χ2v) is 6.79. The maximum atomic E-state index is 4.48. The highest BCUT2D eigenvalue weighted by Crippen LogP contribution is 2.28. The van der Waals surface area contributed by atoms with Crippen LogP contribution >= 0.6 is 11.8 Å². The minimum Gasteiger partial charge on any atom is -0.270 e. The molecule has 0 unspecified atom stereocenters. The summed E-state index contributed by atoms with van der Waals surface area (Å²) in [6.07, 6.45) is 3.43. The van der Waals surface area contributed by atoms with E-state index >= 15 is 0 Å². The number of benzene rings is 2. The minimum atomic E-state index is 0.902. The Morgan fingerprint density at radius 3 is 2.33 bits per heavy atom.